The van der Waals surface area contributed by atoms with Crippen molar-refractivity contribution in [3.63, 3.8) is 0 Å². The number of nitrogens with zero attached hydrogens (tertiary/aromatic N) is 4. The lowest BCUT2D eigenvalue weighted by Crippen LogP contribution is -2.25. The minimum Gasteiger partial charge on any atom is -0.485 e. The summed E-state index contributed by atoms with van der Waals surface area (Å²) in [5.41, 5.74) is 1.82. The van der Waals surface area contributed by atoms with Crippen LogP contribution in [-0.2, 0) is 13.2 Å². The van der Waals surface area contributed by atoms with Gasteiger partial charge in [0.25, 0.3) is 0 Å². The number of rotatable bonds is 8. The highest BCUT2D eigenvalue weighted by Crippen LogP contribution is 2.36. The molecule has 4 aromatic rings. The van der Waals surface area contributed by atoms with E-state index in [-0.39, 0.29) is 5.75 Å². The van der Waals surface area contributed by atoms with E-state index in [0.717, 1.165) is 11.3 Å². The molecule has 0 fully saturated rings. The third-order valence-corrected chi connectivity index (χ3v) is 6.05. The fourth-order valence-corrected chi connectivity index (χ4v) is 4.36. The molecule has 0 radical (unpaired) electrons. The number of benzene rings is 3. The Morgan fingerprint density at radius 2 is 1.72 bits per heavy atom. The number of para-hydroxylation sites is 3. The van der Waals surface area contributed by atoms with Gasteiger partial charge in [0.15, 0.2) is 23.4 Å². The van der Waals surface area contributed by atoms with Crippen LogP contribution in [0.4, 0.5) is 8.78 Å². The predicted molar refractivity (Wildman–Crippen MR) is 132 cm³/mol. The van der Waals surface area contributed by atoms with E-state index in [9.17, 15) is 8.78 Å². The summed E-state index contributed by atoms with van der Waals surface area (Å²) < 4.78 is 45.6. The molecule has 0 N–H and O–H groups in total. The molecule has 0 aliphatic carbocycles. The van der Waals surface area contributed by atoms with Crippen molar-refractivity contribution in [1.29, 1.82) is 0 Å². The number of hydrogen-bond acceptors (Lipinski definition) is 6. The Hall–Kier alpha value is -3.76. The summed E-state index contributed by atoms with van der Waals surface area (Å²) in [5, 5.41) is 4.84. The zero-order valence-electron chi connectivity index (χ0n) is 19.5. The second kappa shape index (κ2) is 10.5. The standard InChI is InChI=1S/C26H24F2N4O3S/c1-30(15-18-11-13-20(14-12-18)34-25(27)28)17-31-26(36)32(19-7-3-2-4-8-19)24(29-31)23-16-33-21-9-5-6-10-22(21)35-23/h2-14,23,25H,15-17H2,1H3/t23-/m0/s1. The molecule has 2 heterocycles. The molecule has 0 spiro atoms. The molecule has 0 unspecified atom stereocenters. The summed E-state index contributed by atoms with van der Waals surface area (Å²) in [6.45, 7) is -1.58. The van der Waals surface area contributed by atoms with Crippen molar-refractivity contribution in [2.75, 3.05) is 13.7 Å². The van der Waals surface area contributed by atoms with Crippen LogP contribution in [0.1, 0.15) is 17.5 Å². The fourth-order valence-electron chi connectivity index (χ4n) is 4.06. The molecule has 1 aromatic heterocycles. The zero-order valence-corrected chi connectivity index (χ0v) is 20.3. The van der Waals surface area contributed by atoms with Gasteiger partial charge in [-0.2, -0.15) is 13.9 Å². The van der Waals surface area contributed by atoms with E-state index in [0.29, 0.717) is 41.9 Å². The largest absolute Gasteiger partial charge is 0.485 e. The van der Waals surface area contributed by atoms with E-state index < -0.39 is 12.7 Å². The predicted octanol–water partition coefficient (Wildman–Crippen LogP) is 5.61. The molecule has 0 amide bonds. The first-order valence-corrected chi connectivity index (χ1v) is 11.7. The highest BCUT2D eigenvalue weighted by Gasteiger charge is 2.29. The lowest BCUT2D eigenvalue weighted by atomic mass is 10.2. The van der Waals surface area contributed by atoms with Crippen molar-refractivity contribution in [3.8, 4) is 22.9 Å². The first-order valence-electron chi connectivity index (χ1n) is 11.3. The summed E-state index contributed by atoms with van der Waals surface area (Å²) >= 11 is 5.84. The lowest BCUT2D eigenvalue weighted by Gasteiger charge is -2.26. The van der Waals surface area contributed by atoms with Crippen molar-refractivity contribution >= 4 is 12.2 Å². The summed E-state index contributed by atoms with van der Waals surface area (Å²) in [7, 11) is 1.93. The van der Waals surface area contributed by atoms with Crippen LogP contribution in [0, 0.1) is 4.77 Å². The number of ether oxygens (including phenoxy) is 3. The van der Waals surface area contributed by atoms with Crippen LogP contribution in [0.5, 0.6) is 17.2 Å². The van der Waals surface area contributed by atoms with Crippen LogP contribution < -0.4 is 14.2 Å². The van der Waals surface area contributed by atoms with Crippen molar-refractivity contribution in [2.24, 2.45) is 0 Å². The molecule has 7 nitrogen and oxygen atoms in total. The van der Waals surface area contributed by atoms with Gasteiger partial charge >= 0.3 is 6.61 Å². The maximum atomic E-state index is 12.4. The van der Waals surface area contributed by atoms with Gasteiger partial charge in [-0.25, -0.2) is 4.68 Å². The zero-order chi connectivity index (χ0) is 25.1. The smallest absolute Gasteiger partial charge is 0.387 e. The summed E-state index contributed by atoms with van der Waals surface area (Å²) in [6.07, 6.45) is -0.448. The Balaban J connectivity index is 1.39. The summed E-state index contributed by atoms with van der Waals surface area (Å²) in [4.78, 5) is 2.03. The Bertz CT molecular complexity index is 1380. The first-order chi connectivity index (χ1) is 17.5. The fraction of sp³-hybridized carbons (Fsp3) is 0.231. The van der Waals surface area contributed by atoms with E-state index in [1.807, 2.05) is 71.1 Å². The van der Waals surface area contributed by atoms with Gasteiger partial charge in [0.2, 0.25) is 4.77 Å². The molecule has 5 rings (SSSR count). The molecule has 10 heteroatoms. The average molecular weight is 511 g/mol. The second-order valence-electron chi connectivity index (χ2n) is 8.35. The maximum absolute atomic E-state index is 12.4. The topological polar surface area (TPSA) is 53.7 Å². The van der Waals surface area contributed by atoms with Crippen LogP contribution in [0.2, 0.25) is 0 Å². The normalized spacial score (nSPS) is 14.9. The number of alkyl halides is 2. The minimum atomic E-state index is -2.85. The van der Waals surface area contributed by atoms with E-state index in [1.165, 1.54) is 12.1 Å². The van der Waals surface area contributed by atoms with Crippen molar-refractivity contribution in [2.45, 2.75) is 25.9 Å². The van der Waals surface area contributed by atoms with E-state index in [1.54, 1.807) is 16.8 Å². The molecule has 1 atom stereocenters. The van der Waals surface area contributed by atoms with Gasteiger partial charge in [-0.15, -0.1) is 0 Å². The van der Waals surface area contributed by atoms with Gasteiger partial charge in [0.1, 0.15) is 12.4 Å². The Morgan fingerprint density at radius 3 is 2.44 bits per heavy atom. The third-order valence-electron chi connectivity index (χ3n) is 5.65. The van der Waals surface area contributed by atoms with Gasteiger partial charge in [-0.3, -0.25) is 9.47 Å². The maximum Gasteiger partial charge on any atom is 0.387 e. The van der Waals surface area contributed by atoms with Crippen LogP contribution >= 0.6 is 12.2 Å². The lowest BCUT2D eigenvalue weighted by molar-refractivity contribution is -0.0498. The molecule has 0 saturated heterocycles. The average Bonchev–Trinajstić information content (AvgIpc) is 3.20. The second-order valence-corrected chi connectivity index (χ2v) is 8.72. The molecular formula is C26H24F2N4O3S. The van der Waals surface area contributed by atoms with Gasteiger partial charge in [-0.05, 0) is 61.2 Å². The van der Waals surface area contributed by atoms with E-state index >= 15 is 0 Å². The first kappa shape index (κ1) is 24.0. The molecular weight excluding hydrogens is 486 g/mol. The number of hydrogen-bond donors (Lipinski definition) is 0. The summed E-state index contributed by atoms with van der Waals surface area (Å²) in [6, 6.07) is 23.9. The van der Waals surface area contributed by atoms with Crippen LogP contribution in [0.15, 0.2) is 78.9 Å². The molecule has 0 saturated carbocycles. The minimum absolute atomic E-state index is 0.126. The van der Waals surface area contributed by atoms with Gasteiger partial charge in [-0.1, -0.05) is 42.5 Å². The van der Waals surface area contributed by atoms with Gasteiger partial charge in [0.05, 0.1) is 6.67 Å². The number of fused-ring (bicyclic) bond motifs is 1. The highest BCUT2D eigenvalue weighted by atomic mass is 32.1. The van der Waals surface area contributed by atoms with Crippen LogP contribution in [-0.4, -0.2) is 39.5 Å². The van der Waals surface area contributed by atoms with Crippen molar-refractivity contribution < 1.29 is 23.0 Å². The third kappa shape index (κ3) is 5.24. The Labute approximate surface area is 212 Å². The summed E-state index contributed by atoms with van der Waals surface area (Å²) in [5.74, 6) is 2.12. The van der Waals surface area contributed by atoms with E-state index in [4.69, 9.17) is 26.8 Å². The van der Waals surface area contributed by atoms with Crippen molar-refractivity contribution in [1.82, 2.24) is 19.2 Å². The Morgan fingerprint density at radius 1 is 1.03 bits per heavy atom. The molecule has 0 bridgehead atoms. The van der Waals surface area contributed by atoms with Gasteiger partial charge in [0, 0.05) is 12.2 Å². The SMILES string of the molecule is CN(Cc1ccc(OC(F)F)cc1)Cn1nc([C@@H]2COc3ccccc3O2)n(-c2ccccc2)c1=S. The molecule has 186 valence electrons. The van der Waals surface area contributed by atoms with Crippen molar-refractivity contribution in [3.05, 3.63) is 95.0 Å². The van der Waals surface area contributed by atoms with Gasteiger partial charge < -0.3 is 14.2 Å². The molecule has 1 aliphatic heterocycles. The molecule has 1 aliphatic rings. The van der Waals surface area contributed by atoms with Crippen LogP contribution in [0.3, 0.4) is 0 Å². The molecule has 3 aromatic carbocycles. The number of aromatic nitrogens is 3. The van der Waals surface area contributed by atoms with Crippen LogP contribution in [0.25, 0.3) is 5.69 Å². The monoisotopic (exact) mass is 510 g/mol. The Kier molecular flexibility index (Phi) is 6.97. The highest BCUT2D eigenvalue weighted by molar-refractivity contribution is 7.71. The quantitative estimate of drug-likeness (QED) is 0.288. The van der Waals surface area contributed by atoms with E-state index in [2.05, 4.69) is 4.74 Å². The number of halogens is 2. The molecule has 36 heavy (non-hydrogen) atoms.